The Morgan fingerprint density at radius 1 is 1.03 bits per heavy atom. The third-order valence-electron chi connectivity index (χ3n) is 10.3. The molecule has 4 heterocycles. The standard InChI is InChI=1S/C21H16F4N4O2S.C19H22F3N5O2S/c1-20(2)18(31)28(12-5-4-11(10-26)15(8-12)21(23,24)25)19(32)29(20)13-6-7-14(16(22)9-13)17(30)27-3;1-10-14(11-6-7-24-13(9-11)18(2,3)19(20,21)22)30-16(25-10)26-17(29)27-8-4-5-12(27)15(23)28/h4-9H,1-3H3,(H,27,30);6-7,9,12H,4-5,8H2,1-3H3,(H2,23,28)(H,25,26,29). The summed E-state index contributed by atoms with van der Waals surface area (Å²) in [5.41, 5.74) is 0.798. The minimum atomic E-state index is -4.82. The Labute approximate surface area is 359 Å². The number of thiazole rings is 1. The number of likely N-dealkylation sites (tertiary alicyclic amines) is 1. The van der Waals surface area contributed by atoms with Gasteiger partial charge in [0.05, 0.1) is 44.7 Å². The zero-order valence-corrected chi connectivity index (χ0v) is 35.4. The number of pyridine rings is 1. The van der Waals surface area contributed by atoms with Crippen molar-refractivity contribution in [3.05, 3.63) is 88.6 Å². The molecule has 2 aliphatic heterocycles. The molecule has 4 N–H and O–H groups in total. The lowest BCUT2D eigenvalue weighted by molar-refractivity contribution is -0.181. The van der Waals surface area contributed by atoms with Crippen LogP contribution in [0, 0.1) is 24.1 Å². The van der Waals surface area contributed by atoms with Crippen LogP contribution in [0.25, 0.3) is 10.4 Å². The zero-order chi connectivity index (χ0) is 46.3. The number of carbonyl (C=O) groups is 4. The number of aryl methyl sites for hydroxylation is 1. The van der Waals surface area contributed by atoms with Gasteiger partial charge in [-0.15, -0.1) is 0 Å². The Bertz CT molecular complexity index is 2500. The Kier molecular flexibility index (Phi) is 13.1. The molecule has 0 saturated carbocycles. The number of primary amides is 1. The molecule has 1 unspecified atom stereocenters. The van der Waals surface area contributed by atoms with E-state index in [4.69, 9.17) is 23.2 Å². The molecule has 0 spiro atoms. The van der Waals surface area contributed by atoms with Crippen LogP contribution in [0.1, 0.15) is 73.4 Å². The van der Waals surface area contributed by atoms with Gasteiger partial charge in [-0.05, 0) is 114 Å². The lowest BCUT2D eigenvalue weighted by Crippen LogP contribution is -2.45. The van der Waals surface area contributed by atoms with Crippen LogP contribution >= 0.6 is 23.6 Å². The Morgan fingerprint density at radius 2 is 1.69 bits per heavy atom. The van der Waals surface area contributed by atoms with E-state index in [1.807, 2.05) is 0 Å². The summed E-state index contributed by atoms with van der Waals surface area (Å²) in [7, 11) is 1.34. The average Bonchev–Trinajstić information content (AvgIpc) is 3.88. The van der Waals surface area contributed by atoms with Crippen molar-refractivity contribution in [3.63, 3.8) is 0 Å². The van der Waals surface area contributed by atoms with E-state index in [9.17, 15) is 49.9 Å². The topological polar surface area (TPSA) is 178 Å². The molecule has 2 saturated heterocycles. The third kappa shape index (κ3) is 9.04. The molecular formula is C40H38F7N9O4S2. The third-order valence-corrected chi connectivity index (χ3v) is 11.7. The van der Waals surface area contributed by atoms with Gasteiger partial charge in [-0.3, -0.25) is 29.6 Å². The van der Waals surface area contributed by atoms with E-state index in [2.05, 4.69) is 20.6 Å². The lowest BCUT2D eigenvalue weighted by atomic mass is 9.87. The maximum atomic E-state index is 14.5. The van der Waals surface area contributed by atoms with Gasteiger partial charge >= 0.3 is 18.4 Å². The summed E-state index contributed by atoms with van der Waals surface area (Å²) < 4.78 is 94.8. The number of aromatic nitrogens is 2. The smallest absolute Gasteiger partial charge is 0.368 e. The van der Waals surface area contributed by atoms with Crippen LogP contribution < -0.4 is 26.2 Å². The number of anilines is 3. The second kappa shape index (κ2) is 17.3. The first kappa shape index (κ1) is 46.8. The van der Waals surface area contributed by atoms with Crippen molar-refractivity contribution in [3.8, 4) is 16.5 Å². The van der Waals surface area contributed by atoms with Crippen molar-refractivity contribution >= 4 is 68.9 Å². The van der Waals surface area contributed by atoms with E-state index >= 15 is 0 Å². The number of hydrogen-bond donors (Lipinski definition) is 3. The van der Waals surface area contributed by atoms with Crippen molar-refractivity contribution in [2.45, 2.75) is 76.8 Å². The molecular weight excluding hydrogens is 868 g/mol. The maximum absolute atomic E-state index is 14.5. The van der Waals surface area contributed by atoms with E-state index in [0.29, 0.717) is 41.6 Å². The van der Waals surface area contributed by atoms with Crippen molar-refractivity contribution in [2.24, 2.45) is 5.73 Å². The number of nitrogens with zero attached hydrogens (tertiary/aromatic N) is 6. The molecule has 0 radical (unpaired) electrons. The van der Waals surface area contributed by atoms with Gasteiger partial charge in [0.2, 0.25) is 5.91 Å². The van der Waals surface area contributed by atoms with Crippen molar-refractivity contribution < 1.29 is 49.9 Å². The first-order valence-electron chi connectivity index (χ1n) is 18.5. The summed E-state index contributed by atoms with van der Waals surface area (Å²) in [5.74, 6) is -2.71. The number of carbonyl (C=O) groups excluding carboxylic acids is 4. The number of nitriles is 1. The molecule has 2 fully saturated rings. The lowest BCUT2D eigenvalue weighted by Gasteiger charge is -2.29. The molecule has 1 atom stereocenters. The summed E-state index contributed by atoms with van der Waals surface area (Å²) in [6, 6.07) is 9.79. The molecule has 5 amide bonds. The number of rotatable bonds is 7. The molecule has 0 aliphatic carbocycles. The van der Waals surface area contributed by atoms with Crippen LogP contribution in [0.2, 0.25) is 0 Å². The number of halogens is 7. The van der Waals surface area contributed by atoms with Gasteiger partial charge in [0.15, 0.2) is 10.2 Å². The van der Waals surface area contributed by atoms with E-state index in [0.717, 1.165) is 42.2 Å². The van der Waals surface area contributed by atoms with E-state index < -0.39 is 70.0 Å². The Morgan fingerprint density at radius 3 is 2.27 bits per heavy atom. The van der Waals surface area contributed by atoms with E-state index in [1.165, 1.54) is 67.2 Å². The molecule has 0 bridgehead atoms. The largest absolute Gasteiger partial charge is 0.417 e. The fourth-order valence-electron chi connectivity index (χ4n) is 6.67. The number of thiocarbonyl (C=S) groups is 1. The number of nitrogens with two attached hydrogens (primary N) is 1. The number of alkyl halides is 6. The highest BCUT2D eigenvalue weighted by molar-refractivity contribution is 7.81. The number of hydrogen-bond acceptors (Lipinski definition) is 9. The van der Waals surface area contributed by atoms with Gasteiger partial charge in [-0.1, -0.05) is 11.3 Å². The second-order valence-electron chi connectivity index (χ2n) is 15.1. The van der Waals surface area contributed by atoms with Gasteiger partial charge < -0.3 is 20.9 Å². The highest BCUT2D eigenvalue weighted by atomic mass is 32.1. The van der Waals surface area contributed by atoms with Gasteiger partial charge in [-0.25, -0.2) is 14.2 Å². The summed E-state index contributed by atoms with van der Waals surface area (Å²) >= 11 is 6.52. The van der Waals surface area contributed by atoms with Crippen molar-refractivity contribution in [1.82, 2.24) is 20.2 Å². The van der Waals surface area contributed by atoms with Crippen LogP contribution in [-0.2, 0) is 21.2 Å². The van der Waals surface area contributed by atoms with Crippen LogP contribution in [0.3, 0.4) is 0 Å². The Balaban J connectivity index is 0.000000235. The minimum absolute atomic E-state index is 0.104. The van der Waals surface area contributed by atoms with Crippen LogP contribution in [0.15, 0.2) is 54.7 Å². The first-order chi connectivity index (χ1) is 28.8. The van der Waals surface area contributed by atoms with Crippen LogP contribution in [-0.4, -0.2) is 75.1 Å². The highest BCUT2D eigenvalue weighted by Gasteiger charge is 2.51. The quantitative estimate of drug-likeness (QED) is 0.123. The first-order valence-corrected chi connectivity index (χ1v) is 19.7. The number of nitrogens with one attached hydrogen (secondary N) is 2. The van der Waals surface area contributed by atoms with Gasteiger partial charge in [-0.2, -0.15) is 31.6 Å². The Hall–Kier alpha value is -6.21. The number of urea groups is 1. The predicted molar refractivity (Wildman–Crippen MR) is 220 cm³/mol. The molecule has 22 heteroatoms. The fraction of sp³-hybridized carbons (Fsp3) is 0.350. The summed E-state index contributed by atoms with van der Waals surface area (Å²) in [6.45, 7) is 7.25. The fourth-order valence-corrected chi connectivity index (χ4v) is 8.14. The molecule has 62 heavy (non-hydrogen) atoms. The highest BCUT2D eigenvalue weighted by Crippen LogP contribution is 2.43. The molecule has 13 nitrogen and oxygen atoms in total. The van der Waals surface area contributed by atoms with Gasteiger partial charge in [0.25, 0.3) is 11.8 Å². The molecule has 2 aliphatic rings. The molecule has 2 aromatic carbocycles. The second-order valence-corrected chi connectivity index (χ2v) is 16.4. The molecule has 328 valence electrons. The SMILES string of the molecule is CNC(=O)c1ccc(N2C(=S)N(c3ccc(C#N)c(C(F)(F)F)c3)C(=O)C2(C)C)cc1F.Cc1nc(NC(=O)N2CCCC2C(N)=O)sc1-c1ccnc(C(C)(C)C(F)(F)F)c1. The summed E-state index contributed by atoms with van der Waals surface area (Å²) in [4.78, 5) is 61.3. The van der Waals surface area contributed by atoms with Gasteiger partial charge in [0.1, 0.15) is 22.8 Å². The predicted octanol–water partition coefficient (Wildman–Crippen LogP) is 7.83. The maximum Gasteiger partial charge on any atom is 0.417 e. The zero-order valence-electron chi connectivity index (χ0n) is 33.8. The normalized spacial score (nSPS) is 16.5. The minimum Gasteiger partial charge on any atom is -0.368 e. The number of benzene rings is 2. The molecule has 6 rings (SSSR count). The monoisotopic (exact) mass is 905 g/mol. The van der Waals surface area contributed by atoms with Crippen molar-refractivity contribution in [2.75, 3.05) is 28.7 Å². The summed E-state index contributed by atoms with van der Waals surface area (Å²) in [6.07, 6.45) is -6.75. The van der Waals surface area contributed by atoms with Crippen LogP contribution in [0.4, 0.5) is 52.0 Å². The van der Waals surface area contributed by atoms with Gasteiger partial charge in [0, 0.05) is 25.5 Å². The summed E-state index contributed by atoms with van der Waals surface area (Å²) in [5, 5.41) is 14.1. The number of amides is 5. The van der Waals surface area contributed by atoms with E-state index in [1.54, 1.807) is 13.0 Å². The molecule has 4 aromatic rings. The van der Waals surface area contributed by atoms with Crippen molar-refractivity contribution in [1.29, 1.82) is 5.26 Å². The average molecular weight is 906 g/mol. The molecule has 2 aromatic heterocycles. The van der Waals surface area contributed by atoms with E-state index in [-0.39, 0.29) is 32.9 Å². The van der Waals surface area contributed by atoms with Crippen LogP contribution in [0.5, 0.6) is 0 Å².